The minimum absolute atomic E-state index is 0.355. The van der Waals surface area contributed by atoms with Gasteiger partial charge in [0.25, 0.3) is 0 Å². The first-order valence-corrected chi connectivity index (χ1v) is 5.78. The van der Waals surface area contributed by atoms with E-state index in [-0.39, 0.29) is 0 Å². The molecular formula is C14H22O3. The second kappa shape index (κ2) is 5.30. The lowest BCUT2D eigenvalue weighted by molar-refractivity contribution is 0.340. The summed E-state index contributed by atoms with van der Waals surface area (Å²) in [7, 11) is 5.02. The molecule has 0 saturated heterocycles. The van der Waals surface area contributed by atoms with Crippen LogP contribution in [0.5, 0.6) is 17.2 Å². The average molecular weight is 238 g/mol. The summed E-state index contributed by atoms with van der Waals surface area (Å²) >= 11 is 0. The molecule has 17 heavy (non-hydrogen) atoms. The molecule has 0 saturated carbocycles. The second-order valence-corrected chi connectivity index (χ2v) is 4.42. The van der Waals surface area contributed by atoms with Crippen LogP contribution in [-0.4, -0.2) is 21.3 Å². The Bertz CT molecular complexity index is 409. The quantitative estimate of drug-likeness (QED) is 0.804. The first kappa shape index (κ1) is 13.7. The van der Waals surface area contributed by atoms with E-state index in [0.29, 0.717) is 5.92 Å². The first-order valence-electron chi connectivity index (χ1n) is 5.78. The molecule has 0 fully saturated rings. The number of benzene rings is 1. The average Bonchev–Trinajstić information content (AvgIpc) is 2.28. The predicted molar refractivity (Wildman–Crippen MR) is 69.7 cm³/mol. The van der Waals surface area contributed by atoms with Gasteiger partial charge in [-0.05, 0) is 25.3 Å². The maximum absolute atomic E-state index is 5.51. The zero-order valence-corrected chi connectivity index (χ0v) is 11.8. The summed E-state index contributed by atoms with van der Waals surface area (Å²) in [5.74, 6) is 2.82. The van der Waals surface area contributed by atoms with E-state index < -0.39 is 0 Å². The molecule has 1 aromatic rings. The van der Waals surface area contributed by atoms with E-state index in [1.54, 1.807) is 21.3 Å². The molecule has 0 atom stereocenters. The molecule has 0 spiro atoms. The largest absolute Gasteiger partial charge is 0.496 e. The summed E-state index contributed by atoms with van der Waals surface area (Å²) in [6, 6.07) is 0. The van der Waals surface area contributed by atoms with Crippen LogP contribution in [0.4, 0.5) is 0 Å². The van der Waals surface area contributed by atoms with Gasteiger partial charge in [0.05, 0.1) is 21.3 Å². The normalized spacial score (nSPS) is 10.6. The molecule has 0 aliphatic rings. The molecule has 96 valence electrons. The van der Waals surface area contributed by atoms with Gasteiger partial charge >= 0.3 is 0 Å². The molecule has 1 rings (SSSR count). The maximum Gasteiger partial charge on any atom is 0.167 e. The van der Waals surface area contributed by atoms with Gasteiger partial charge in [0.2, 0.25) is 0 Å². The molecule has 0 radical (unpaired) electrons. The van der Waals surface area contributed by atoms with Crippen LogP contribution < -0.4 is 14.2 Å². The zero-order chi connectivity index (χ0) is 13.2. The van der Waals surface area contributed by atoms with Crippen LogP contribution in [0.1, 0.15) is 36.5 Å². The van der Waals surface area contributed by atoms with Gasteiger partial charge in [-0.25, -0.2) is 0 Å². The maximum atomic E-state index is 5.51. The van der Waals surface area contributed by atoms with Gasteiger partial charge in [-0.2, -0.15) is 0 Å². The molecule has 0 aromatic heterocycles. The van der Waals surface area contributed by atoms with E-state index >= 15 is 0 Å². The van der Waals surface area contributed by atoms with Crippen molar-refractivity contribution in [2.45, 2.75) is 33.6 Å². The Morgan fingerprint density at radius 3 is 1.53 bits per heavy atom. The van der Waals surface area contributed by atoms with Crippen LogP contribution in [0.3, 0.4) is 0 Å². The predicted octanol–water partition coefficient (Wildman–Crippen LogP) is 3.45. The smallest absolute Gasteiger partial charge is 0.167 e. The third-order valence-electron chi connectivity index (χ3n) is 3.07. The zero-order valence-electron chi connectivity index (χ0n) is 11.8. The standard InChI is InChI=1S/C14H22O3/c1-8(2)11-9(3)12(15-5)10(4)13(16-6)14(11)17-7/h8H,1-7H3. The van der Waals surface area contributed by atoms with Crippen molar-refractivity contribution in [1.82, 2.24) is 0 Å². The highest BCUT2D eigenvalue weighted by Gasteiger charge is 2.23. The van der Waals surface area contributed by atoms with Crippen molar-refractivity contribution in [2.75, 3.05) is 21.3 Å². The molecule has 1 aromatic carbocycles. The van der Waals surface area contributed by atoms with Crippen molar-refractivity contribution in [2.24, 2.45) is 0 Å². The Labute approximate surface area is 104 Å². The molecule has 3 heteroatoms. The van der Waals surface area contributed by atoms with Gasteiger partial charge in [-0.15, -0.1) is 0 Å². The summed E-state index contributed by atoms with van der Waals surface area (Å²) < 4.78 is 16.4. The van der Waals surface area contributed by atoms with Crippen molar-refractivity contribution in [3.63, 3.8) is 0 Å². The molecule has 3 nitrogen and oxygen atoms in total. The monoisotopic (exact) mass is 238 g/mol. The van der Waals surface area contributed by atoms with Crippen molar-refractivity contribution in [3.05, 3.63) is 16.7 Å². The van der Waals surface area contributed by atoms with Gasteiger partial charge in [0.1, 0.15) is 5.75 Å². The van der Waals surface area contributed by atoms with Crippen LogP contribution in [0.25, 0.3) is 0 Å². The van der Waals surface area contributed by atoms with E-state index in [9.17, 15) is 0 Å². The number of hydrogen-bond acceptors (Lipinski definition) is 3. The van der Waals surface area contributed by atoms with Crippen LogP contribution in [0, 0.1) is 13.8 Å². The summed E-state index contributed by atoms with van der Waals surface area (Å²) in [6.45, 7) is 8.32. The summed E-state index contributed by atoms with van der Waals surface area (Å²) in [5, 5.41) is 0. The second-order valence-electron chi connectivity index (χ2n) is 4.42. The van der Waals surface area contributed by atoms with E-state index in [2.05, 4.69) is 20.8 Å². The summed E-state index contributed by atoms with van der Waals surface area (Å²) in [4.78, 5) is 0. The fourth-order valence-electron chi connectivity index (χ4n) is 2.42. The highest BCUT2D eigenvalue weighted by atomic mass is 16.5. The van der Waals surface area contributed by atoms with Crippen LogP contribution in [0.15, 0.2) is 0 Å². The summed E-state index contributed by atoms with van der Waals surface area (Å²) in [6.07, 6.45) is 0. The Balaban J connectivity index is 3.68. The number of ether oxygens (including phenoxy) is 3. The van der Waals surface area contributed by atoms with Crippen molar-refractivity contribution >= 4 is 0 Å². The minimum Gasteiger partial charge on any atom is -0.496 e. The highest BCUT2D eigenvalue weighted by molar-refractivity contribution is 5.63. The van der Waals surface area contributed by atoms with Gasteiger partial charge < -0.3 is 14.2 Å². The lowest BCUT2D eigenvalue weighted by Crippen LogP contribution is -2.05. The van der Waals surface area contributed by atoms with E-state index in [0.717, 1.165) is 33.9 Å². The Morgan fingerprint density at radius 1 is 0.706 bits per heavy atom. The van der Waals surface area contributed by atoms with Gasteiger partial charge in [-0.3, -0.25) is 0 Å². The third kappa shape index (κ3) is 2.19. The molecule has 0 unspecified atom stereocenters. The van der Waals surface area contributed by atoms with Gasteiger partial charge in [0, 0.05) is 11.1 Å². The van der Waals surface area contributed by atoms with Crippen molar-refractivity contribution in [3.8, 4) is 17.2 Å². The Kier molecular flexibility index (Phi) is 4.27. The fraction of sp³-hybridized carbons (Fsp3) is 0.571. The van der Waals surface area contributed by atoms with Gasteiger partial charge in [-0.1, -0.05) is 13.8 Å². The van der Waals surface area contributed by atoms with Crippen LogP contribution in [-0.2, 0) is 0 Å². The topological polar surface area (TPSA) is 27.7 Å². The molecular weight excluding hydrogens is 216 g/mol. The van der Waals surface area contributed by atoms with Crippen LogP contribution >= 0.6 is 0 Å². The third-order valence-corrected chi connectivity index (χ3v) is 3.07. The number of methoxy groups -OCH3 is 3. The lowest BCUT2D eigenvalue weighted by atomic mass is 9.93. The fourth-order valence-corrected chi connectivity index (χ4v) is 2.42. The number of rotatable bonds is 4. The van der Waals surface area contributed by atoms with Gasteiger partial charge in [0.15, 0.2) is 11.5 Å². The first-order chi connectivity index (χ1) is 7.99. The number of hydrogen-bond donors (Lipinski definition) is 0. The molecule has 0 amide bonds. The molecule has 0 N–H and O–H groups in total. The molecule has 0 bridgehead atoms. The Hall–Kier alpha value is -1.38. The van der Waals surface area contributed by atoms with E-state index in [1.165, 1.54) is 0 Å². The molecule has 0 heterocycles. The minimum atomic E-state index is 0.355. The molecule has 0 aliphatic heterocycles. The van der Waals surface area contributed by atoms with Crippen LogP contribution in [0.2, 0.25) is 0 Å². The summed E-state index contributed by atoms with van der Waals surface area (Å²) in [5.41, 5.74) is 3.25. The highest BCUT2D eigenvalue weighted by Crippen LogP contribution is 2.45. The van der Waals surface area contributed by atoms with E-state index in [1.807, 2.05) is 6.92 Å². The Morgan fingerprint density at radius 2 is 1.18 bits per heavy atom. The molecule has 0 aliphatic carbocycles. The lowest BCUT2D eigenvalue weighted by Gasteiger charge is -2.22. The van der Waals surface area contributed by atoms with Crippen molar-refractivity contribution in [1.29, 1.82) is 0 Å². The van der Waals surface area contributed by atoms with Crippen molar-refractivity contribution < 1.29 is 14.2 Å². The van der Waals surface area contributed by atoms with E-state index in [4.69, 9.17) is 14.2 Å². The SMILES string of the molecule is COc1c(C)c(OC)c(OC)c(C(C)C)c1C.